The maximum Gasteiger partial charge on any atom is 0.263 e. The van der Waals surface area contributed by atoms with Crippen molar-refractivity contribution in [3.63, 3.8) is 0 Å². The molecule has 2 fully saturated rings. The molecular formula is C17H20N2O4S. The number of hydrogen-bond donors (Lipinski definition) is 1. The quantitative estimate of drug-likeness (QED) is 0.896. The van der Waals surface area contributed by atoms with Crippen LogP contribution in [0.5, 0.6) is 5.75 Å². The van der Waals surface area contributed by atoms with E-state index in [1.165, 1.54) is 25.3 Å². The lowest BCUT2D eigenvalue weighted by Gasteiger charge is -2.23. The molecule has 1 aromatic heterocycles. The van der Waals surface area contributed by atoms with E-state index in [9.17, 15) is 8.42 Å². The van der Waals surface area contributed by atoms with E-state index in [-0.39, 0.29) is 16.8 Å². The molecule has 3 unspecified atom stereocenters. The van der Waals surface area contributed by atoms with Crippen molar-refractivity contribution in [2.24, 2.45) is 11.8 Å². The molecule has 2 bridgehead atoms. The fourth-order valence-corrected chi connectivity index (χ4v) is 4.80. The van der Waals surface area contributed by atoms with E-state index in [4.69, 9.17) is 9.26 Å². The van der Waals surface area contributed by atoms with Gasteiger partial charge in [0.2, 0.25) is 0 Å². The van der Waals surface area contributed by atoms with Crippen LogP contribution in [0.2, 0.25) is 0 Å². The van der Waals surface area contributed by atoms with E-state index in [1.54, 1.807) is 31.2 Å². The number of nitrogens with zero attached hydrogens (tertiary/aromatic N) is 1. The molecule has 0 radical (unpaired) electrons. The van der Waals surface area contributed by atoms with Crippen LogP contribution < -0.4 is 9.46 Å². The molecule has 0 saturated heterocycles. The lowest BCUT2D eigenvalue weighted by molar-refractivity contribution is 0.138. The van der Waals surface area contributed by atoms with E-state index in [0.717, 1.165) is 18.1 Å². The summed E-state index contributed by atoms with van der Waals surface area (Å²) in [5.74, 6) is 2.92. The van der Waals surface area contributed by atoms with Crippen molar-refractivity contribution in [3.8, 4) is 5.75 Å². The molecule has 6 nitrogen and oxygen atoms in total. The third-order valence-corrected chi connectivity index (χ3v) is 6.33. The second-order valence-electron chi connectivity index (χ2n) is 6.73. The molecule has 24 heavy (non-hydrogen) atoms. The van der Waals surface area contributed by atoms with Crippen LogP contribution in [0.1, 0.15) is 31.4 Å². The highest BCUT2D eigenvalue weighted by molar-refractivity contribution is 7.92. The maximum atomic E-state index is 12.3. The minimum absolute atomic E-state index is 0.170. The molecule has 0 amide bonds. The van der Waals surface area contributed by atoms with Crippen LogP contribution in [-0.2, 0) is 10.0 Å². The van der Waals surface area contributed by atoms with Gasteiger partial charge in [0.25, 0.3) is 10.0 Å². The Hall–Kier alpha value is -2.02. The van der Waals surface area contributed by atoms with Crippen molar-refractivity contribution < 1.29 is 17.7 Å². The molecule has 3 atom stereocenters. The predicted molar refractivity (Wildman–Crippen MR) is 88.4 cm³/mol. The van der Waals surface area contributed by atoms with Gasteiger partial charge in [0.05, 0.1) is 4.90 Å². The van der Waals surface area contributed by atoms with Gasteiger partial charge in [-0.25, -0.2) is 8.42 Å². The minimum atomic E-state index is -3.68. The largest absolute Gasteiger partial charge is 0.490 e. The number of sulfonamides is 1. The highest BCUT2D eigenvalue weighted by Gasteiger charge is 2.40. The van der Waals surface area contributed by atoms with Crippen molar-refractivity contribution in [1.82, 2.24) is 5.16 Å². The zero-order valence-corrected chi connectivity index (χ0v) is 14.3. The molecule has 1 N–H and O–H groups in total. The first kappa shape index (κ1) is 15.5. The summed E-state index contributed by atoms with van der Waals surface area (Å²) in [5, 5.41) is 3.64. The molecule has 7 heteroatoms. The summed E-state index contributed by atoms with van der Waals surface area (Å²) in [6.45, 7) is 1.70. The molecule has 2 aromatic rings. The monoisotopic (exact) mass is 348 g/mol. The number of benzene rings is 1. The van der Waals surface area contributed by atoms with E-state index in [2.05, 4.69) is 9.88 Å². The van der Waals surface area contributed by atoms with Crippen molar-refractivity contribution >= 4 is 15.8 Å². The summed E-state index contributed by atoms with van der Waals surface area (Å²) in [6, 6.07) is 8.07. The van der Waals surface area contributed by atoms with Crippen LogP contribution in [0, 0.1) is 18.8 Å². The second-order valence-corrected chi connectivity index (χ2v) is 8.41. The number of hydrogen-bond acceptors (Lipinski definition) is 5. The van der Waals surface area contributed by atoms with Crippen molar-refractivity contribution in [1.29, 1.82) is 0 Å². The van der Waals surface area contributed by atoms with E-state index in [0.29, 0.717) is 11.7 Å². The van der Waals surface area contributed by atoms with Crippen molar-refractivity contribution in [2.75, 3.05) is 4.72 Å². The molecule has 4 rings (SSSR count). The van der Waals surface area contributed by atoms with Crippen LogP contribution >= 0.6 is 0 Å². The normalized spacial score (nSPS) is 25.8. The third-order valence-electron chi connectivity index (χ3n) is 4.96. The summed E-state index contributed by atoms with van der Waals surface area (Å²) in [7, 11) is -3.68. The second kappa shape index (κ2) is 5.81. The number of anilines is 1. The van der Waals surface area contributed by atoms with Crippen LogP contribution in [0.15, 0.2) is 39.8 Å². The average molecular weight is 348 g/mol. The molecule has 2 aliphatic carbocycles. The van der Waals surface area contributed by atoms with Gasteiger partial charge in [0, 0.05) is 6.07 Å². The SMILES string of the molecule is Cc1cc(NS(=O)(=O)c2ccc(OC3CC4CCC3C4)cc2)no1. The summed E-state index contributed by atoms with van der Waals surface area (Å²) < 4.78 is 38.0. The van der Waals surface area contributed by atoms with Crippen molar-refractivity contribution in [2.45, 2.75) is 43.6 Å². The Balaban J connectivity index is 1.45. The number of rotatable bonds is 5. The van der Waals surface area contributed by atoms with Crippen LogP contribution in [0.25, 0.3) is 0 Å². The highest BCUT2D eigenvalue weighted by Crippen LogP contribution is 2.46. The summed E-state index contributed by atoms with van der Waals surface area (Å²) in [6.07, 6.45) is 5.26. The van der Waals surface area contributed by atoms with E-state index < -0.39 is 10.0 Å². The molecule has 1 heterocycles. The number of fused-ring (bicyclic) bond motifs is 2. The standard InChI is InChI=1S/C17H20N2O4S/c1-11-8-17(18-23-11)19-24(20,21)15-6-4-14(5-7-15)22-16-10-12-2-3-13(16)9-12/h4-8,12-13,16H,2-3,9-10H2,1H3,(H,18,19). The zero-order valence-electron chi connectivity index (χ0n) is 13.4. The Bertz CT molecular complexity index is 829. The summed E-state index contributed by atoms with van der Waals surface area (Å²) in [5.41, 5.74) is 0. The molecule has 2 aliphatic rings. The first-order valence-electron chi connectivity index (χ1n) is 8.22. The Morgan fingerprint density at radius 1 is 1.21 bits per heavy atom. The van der Waals surface area contributed by atoms with Gasteiger partial charge in [-0.15, -0.1) is 0 Å². The lowest BCUT2D eigenvalue weighted by atomic mass is 9.98. The Labute approximate surface area is 141 Å². The molecule has 2 saturated carbocycles. The molecule has 0 aliphatic heterocycles. The molecular weight excluding hydrogens is 328 g/mol. The first-order chi connectivity index (χ1) is 11.5. The van der Waals surface area contributed by atoms with Gasteiger partial charge >= 0.3 is 0 Å². The number of aromatic nitrogens is 1. The summed E-state index contributed by atoms with van der Waals surface area (Å²) >= 11 is 0. The Morgan fingerprint density at radius 3 is 2.58 bits per heavy atom. The number of ether oxygens (including phenoxy) is 1. The Kier molecular flexibility index (Phi) is 3.75. The number of aryl methyl sites for hydroxylation is 1. The van der Waals surface area contributed by atoms with Gasteiger partial charge in [0.1, 0.15) is 17.6 Å². The van der Waals surface area contributed by atoms with Crippen LogP contribution in [0.4, 0.5) is 5.82 Å². The lowest BCUT2D eigenvalue weighted by Crippen LogP contribution is -2.23. The van der Waals surface area contributed by atoms with Crippen LogP contribution in [0.3, 0.4) is 0 Å². The summed E-state index contributed by atoms with van der Waals surface area (Å²) in [4.78, 5) is 0.170. The molecule has 128 valence electrons. The highest BCUT2D eigenvalue weighted by atomic mass is 32.2. The van der Waals surface area contributed by atoms with Gasteiger partial charge in [0.15, 0.2) is 5.82 Å². The topological polar surface area (TPSA) is 81.4 Å². The molecule has 0 spiro atoms. The fraction of sp³-hybridized carbons (Fsp3) is 0.471. The van der Waals surface area contributed by atoms with Crippen molar-refractivity contribution in [3.05, 3.63) is 36.1 Å². The van der Waals surface area contributed by atoms with Gasteiger partial charge in [-0.3, -0.25) is 4.72 Å². The molecule has 1 aromatic carbocycles. The van der Waals surface area contributed by atoms with Gasteiger partial charge in [-0.1, -0.05) is 5.16 Å². The van der Waals surface area contributed by atoms with E-state index >= 15 is 0 Å². The van der Waals surface area contributed by atoms with Crippen LogP contribution in [-0.4, -0.2) is 19.7 Å². The van der Waals surface area contributed by atoms with Gasteiger partial charge in [-0.05, 0) is 68.7 Å². The number of nitrogens with one attached hydrogen (secondary N) is 1. The first-order valence-corrected chi connectivity index (χ1v) is 9.71. The zero-order chi connectivity index (χ0) is 16.7. The smallest absolute Gasteiger partial charge is 0.263 e. The maximum absolute atomic E-state index is 12.3. The van der Waals surface area contributed by atoms with E-state index in [1.807, 2.05) is 0 Å². The fourth-order valence-electron chi connectivity index (χ4n) is 3.81. The Morgan fingerprint density at radius 2 is 2.00 bits per heavy atom. The average Bonchev–Trinajstić information content (AvgIpc) is 3.25. The third kappa shape index (κ3) is 3.00. The minimum Gasteiger partial charge on any atom is -0.490 e. The van der Waals surface area contributed by atoms with Gasteiger partial charge < -0.3 is 9.26 Å². The predicted octanol–water partition coefficient (Wildman–Crippen LogP) is 3.35. The van der Waals surface area contributed by atoms with Gasteiger partial charge in [-0.2, -0.15) is 0 Å².